The maximum atomic E-state index is 11.3. The Morgan fingerprint density at radius 1 is 1.53 bits per heavy atom. The largest absolute Gasteiger partial charge is 0.464 e. The van der Waals surface area contributed by atoms with Gasteiger partial charge in [-0.2, -0.15) is 0 Å². The molecule has 0 amide bonds. The molecule has 0 saturated carbocycles. The summed E-state index contributed by atoms with van der Waals surface area (Å²) in [5, 5.41) is 11.0. The number of anilines is 1. The average molecular weight is 261 g/mol. The summed E-state index contributed by atoms with van der Waals surface area (Å²) in [4.78, 5) is 15.3. The Bertz CT molecular complexity index is 567. The Morgan fingerprint density at radius 3 is 3.05 bits per heavy atom. The number of esters is 1. The Hall–Kier alpha value is -2.44. The molecular formula is C12H15N5O2. The van der Waals surface area contributed by atoms with Crippen molar-refractivity contribution in [1.82, 2.24) is 19.7 Å². The molecule has 0 saturated heterocycles. The first kappa shape index (κ1) is 13.0. The number of aryl methyl sites for hydroxylation is 1. The molecule has 0 aliphatic rings. The number of nitrogens with one attached hydrogen (secondary N) is 1. The number of aromatic nitrogens is 4. The first-order chi connectivity index (χ1) is 9.20. The van der Waals surface area contributed by atoms with Crippen molar-refractivity contribution in [3.63, 3.8) is 0 Å². The maximum absolute atomic E-state index is 11.3. The van der Waals surface area contributed by atoms with Crippen molar-refractivity contribution in [2.24, 2.45) is 7.05 Å². The lowest BCUT2D eigenvalue weighted by atomic mass is 10.3. The van der Waals surface area contributed by atoms with Crippen LogP contribution in [0.3, 0.4) is 0 Å². The van der Waals surface area contributed by atoms with Crippen molar-refractivity contribution in [3.05, 3.63) is 36.2 Å². The molecule has 0 aromatic carbocycles. The average Bonchev–Trinajstić information content (AvgIpc) is 2.84. The van der Waals surface area contributed by atoms with E-state index >= 15 is 0 Å². The zero-order valence-corrected chi connectivity index (χ0v) is 10.8. The number of hydrogen-bond acceptors (Lipinski definition) is 6. The second-order valence-corrected chi connectivity index (χ2v) is 3.96. The molecule has 0 atom stereocenters. The number of nitrogens with zero attached hydrogens (tertiary/aromatic N) is 4. The second kappa shape index (κ2) is 5.94. The first-order valence-corrected chi connectivity index (χ1v) is 5.82. The van der Waals surface area contributed by atoms with Gasteiger partial charge >= 0.3 is 5.97 Å². The molecule has 7 nitrogen and oxygen atoms in total. The molecule has 0 unspecified atom stereocenters. The number of methoxy groups -OCH3 is 1. The topological polar surface area (TPSA) is 81.9 Å². The number of ether oxygens (including phenoxy) is 1. The van der Waals surface area contributed by atoms with E-state index in [1.54, 1.807) is 24.7 Å². The molecule has 0 bridgehead atoms. The highest BCUT2D eigenvalue weighted by atomic mass is 16.5. The molecule has 0 spiro atoms. The standard InChI is InChI=1S/C12H15N5O2/c1-17-8-15-16-11(17)4-6-13-9-3-5-14-10(7-9)12(18)19-2/h3,5,7-8H,4,6H2,1-2H3,(H,13,14). The minimum atomic E-state index is -0.447. The van der Waals surface area contributed by atoms with E-state index in [-0.39, 0.29) is 5.69 Å². The zero-order chi connectivity index (χ0) is 13.7. The van der Waals surface area contributed by atoms with Gasteiger partial charge in [0.25, 0.3) is 0 Å². The molecule has 1 N–H and O–H groups in total. The second-order valence-electron chi connectivity index (χ2n) is 3.96. The smallest absolute Gasteiger partial charge is 0.356 e. The van der Waals surface area contributed by atoms with Gasteiger partial charge in [0.15, 0.2) is 0 Å². The van der Waals surface area contributed by atoms with Crippen LogP contribution >= 0.6 is 0 Å². The predicted molar refractivity (Wildman–Crippen MR) is 68.8 cm³/mol. The Kier molecular flexibility index (Phi) is 4.07. The molecule has 0 radical (unpaired) electrons. The fourth-order valence-electron chi connectivity index (χ4n) is 1.61. The van der Waals surface area contributed by atoms with E-state index in [0.29, 0.717) is 6.54 Å². The van der Waals surface area contributed by atoms with Gasteiger partial charge in [-0.1, -0.05) is 0 Å². The summed E-state index contributed by atoms with van der Waals surface area (Å²) in [5.74, 6) is 0.451. The lowest BCUT2D eigenvalue weighted by Crippen LogP contribution is -2.10. The quantitative estimate of drug-likeness (QED) is 0.796. The molecule has 2 rings (SSSR count). The summed E-state index contributed by atoms with van der Waals surface area (Å²) in [5.41, 5.74) is 1.10. The Balaban J connectivity index is 1.93. The van der Waals surface area contributed by atoms with Crippen molar-refractivity contribution in [2.75, 3.05) is 19.0 Å². The number of carbonyl (C=O) groups excluding carboxylic acids is 1. The van der Waals surface area contributed by atoms with Gasteiger partial charge in [0.1, 0.15) is 17.8 Å². The van der Waals surface area contributed by atoms with E-state index in [2.05, 4.69) is 25.2 Å². The van der Waals surface area contributed by atoms with Gasteiger partial charge in [-0.15, -0.1) is 10.2 Å². The molecule has 100 valence electrons. The number of carbonyl (C=O) groups is 1. The summed E-state index contributed by atoms with van der Waals surface area (Å²) in [7, 11) is 3.23. The third-order valence-corrected chi connectivity index (χ3v) is 2.64. The van der Waals surface area contributed by atoms with Gasteiger partial charge < -0.3 is 14.6 Å². The third-order valence-electron chi connectivity index (χ3n) is 2.64. The molecule has 0 fully saturated rings. The minimum Gasteiger partial charge on any atom is -0.464 e. The van der Waals surface area contributed by atoms with Crippen LogP contribution in [0.5, 0.6) is 0 Å². The highest BCUT2D eigenvalue weighted by molar-refractivity contribution is 5.88. The summed E-state index contributed by atoms with van der Waals surface area (Å²) >= 11 is 0. The lowest BCUT2D eigenvalue weighted by Gasteiger charge is -2.06. The van der Waals surface area contributed by atoms with Crippen LogP contribution in [-0.4, -0.2) is 39.4 Å². The number of rotatable bonds is 5. The first-order valence-electron chi connectivity index (χ1n) is 5.82. The highest BCUT2D eigenvalue weighted by Gasteiger charge is 2.07. The maximum Gasteiger partial charge on any atom is 0.356 e. The van der Waals surface area contributed by atoms with E-state index in [1.807, 2.05) is 11.6 Å². The molecule has 2 aromatic heterocycles. The van der Waals surface area contributed by atoms with Crippen molar-refractivity contribution < 1.29 is 9.53 Å². The van der Waals surface area contributed by atoms with Crippen LogP contribution in [0, 0.1) is 0 Å². The van der Waals surface area contributed by atoms with E-state index in [0.717, 1.165) is 17.9 Å². The summed E-state index contributed by atoms with van der Waals surface area (Å²) in [6.07, 6.45) is 3.97. The molecule has 0 aliphatic heterocycles. The van der Waals surface area contributed by atoms with Crippen LogP contribution in [0.1, 0.15) is 16.3 Å². The SMILES string of the molecule is COC(=O)c1cc(NCCc2nncn2C)ccn1. The normalized spacial score (nSPS) is 10.2. The van der Waals surface area contributed by atoms with Gasteiger partial charge in [0, 0.05) is 31.9 Å². The van der Waals surface area contributed by atoms with E-state index in [4.69, 9.17) is 0 Å². The van der Waals surface area contributed by atoms with E-state index in [1.165, 1.54) is 7.11 Å². The Morgan fingerprint density at radius 2 is 2.37 bits per heavy atom. The number of hydrogen-bond donors (Lipinski definition) is 1. The molecule has 2 heterocycles. The van der Waals surface area contributed by atoms with Crippen LogP contribution in [-0.2, 0) is 18.2 Å². The van der Waals surface area contributed by atoms with Gasteiger partial charge in [-0.05, 0) is 12.1 Å². The van der Waals surface area contributed by atoms with Gasteiger partial charge in [0.05, 0.1) is 7.11 Å². The summed E-state index contributed by atoms with van der Waals surface area (Å²) < 4.78 is 6.49. The molecule has 19 heavy (non-hydrogen) atoms. The van der Waals surface area contributed by atoms with Crippen LogP contribution in [0.2, 0.25) is 0 Å². The van der Waals surface area contributed by atoms with Crippen molar-refractivity contribution in [3.8, 4) is 0 Å². The van der Waals surface area contributed by atoms with Gasteiger partial charge in [0.2, 0.25) is 0 Å². The molecule has 2 aromatic rings. The zero-order valence-electron chi connectivity index (χ0n) is 10.8. The highest BCUT2D eigenvalue weighted by Crippen LogP contribution is 2.08. The lowest BCUT2D eigenvalue weighted by molar-refractivity contribution is 0.0594. The van der Waals surface area contributed by atoms with E-state index in [9.17, 15) is 4.79 Å². The van der Waals surface area contributed by atoms with E-state index < -0.39 is 5.97 Å². The molecule has 7 heteroatoms. The van der Waals surface area contributed by atoms with Crippen LogP contribution in [0.15, 0.2) is 24.7 Å². The fourth-order valence-corrected chi connectivity index (χ4v) is 1.61. The monoisotopic (exact) mass is 261 g/mol. The van der Waals surface area contributed by atoms with Crippen molar-refractivity contribution in [1.29, 1.82) is 0 Å². The van der Waals surface area contributed by atoms with Crippen LogP contribution in [0.25, 0.3) is 0 Å². The van der Waals surface area contributed by atoms with Gasteiger partial charge in [-0.3, -0.25) is 0 Å². The van der Waals surface area contributed by atoms with Crippen LogP contribution < -0.4 is 5.32 Å². The molecule has 0 aliphatic carbocycles. The summed E-state index contributed by atoms with van der Waals surface area (Å²) in [6, 6.07) is 3.45. The predicted octanol–water partition coefficient (Wildman–Crippen LogP) is 0.651. The fraction of sp³-hybridized carbons (Fsp3) is 0.333. The van der Waals surface area contributed by atoms with Gasteiger partial charge in [-0.25, -0.2) is 9.78 Å². The summed E-state index contributed by atoms with van der Waals surface area (Å²) in [6.45, 7) is 0.692. The number of pyridine rings is 1. The van der Waals surface area contributed by atoms with Crippen molar-refractivity contribution >= 4 is 11.7 Å². The minimum absolute atomic E-state index is 0.283. The van der Waals surface area contributed by atoms with Crippen molar-refractivity contribution in [2.45, 2.75) is 6.42 Å². The molecular weight excluding hydrogens is 246 g/mol. The van der Waals surface area contributed by atoms with Crippen LogP contribution in [0.4, 0.5) is 5.69 Å². The third kappa shape index (κ3) is 3.27. The Labute approximate surface area is 110 Å².